The summed E-state index contributed by atoms with van der Waals surface area (Å²) in [4.78, 5) is -0.0910. The van der Waals surface area contributed by atoms with E-state index in [1.165, 1.54) is 24.1 Å². The highest BCUT2D eigenvalue weighted by Crippen LogP contribution is 2.40. The molecule has 0 aliphatic carbocycles. The normalized spacial score (nSPS) is 11.6. The minimum atomic E-state index is -3.97. The third-order valence-electron chi connectivity index (χ3n) is 3.60. The molecule has 0 fully saturated rings. The number of halogens is 3. The topological polar surface area (TPSA) is 87.2 Å². The summed E-state index contributed by atoms with van der Waals surface area (Å²) in [5.74, 6) is 0.323. The highest BCUT2D eigenvalue weighted by molar-refractivity contribution is 7.89. The summed E-state index contributed by atoms with van der Waals surface area (Å²) in [6.07, 6.45) is 1.39. The van der Waals surface area contributed by atoms with Gasteiger partial charge in [-0.15, -0.1) is 0 Å². The SMILES string of the molecule is COc1c(Cl)cc(-c2c(Cl)cnn2-c2ccccc2S(N)(=O)=O)cc1Cl. The maximum atomic E-state index is 11.9. The Balaban J connectivity index is 2.29. The fourth-order valence-corrected chi connectivity index (χ4v) is 4.12. The number of ether oxygens (including phenoxy) is 1. The molecule has 6 nitrogen and oxygen atoms in total. The van der Waals surface area contributed by atoms with Crippen molar-refractivity contribution in [2.24, 2.45) is 5.14 Å². The molecule has 136 valence electrons. The smallest absolute Gasteiger partial charge is 0.240 e. The van der Waals surface area contributed by atoms with Gasteiger partial charge in [0.2, 0.25) is 10.0 Å². The van der Waals surface area contributed by atoms with Gasteiger partial charge in [-0.3, -0.25) is 0 Å². The van der Waals surface area contributed by atoms with E-state index >= 15 is 0 Å². The Morgan fingerprint density at radius 3 is 2.27 bits per heavy atom. The number of rotatable bonds is 4. The molecule has 2 aromatic carbocycles. The van der Waals surface area contributed by atoms with Gasteiger partial charge in [0.25, 0.3) is 0 Å². The molecular weight excluding hydrogens is 421 g/mol. The third-order valence-corrected chi connectivity index (χ3v) is 5.40. The molecule has 26 heavy (non-hydrogen) atoms. The monoisotopic (exact) mass is 431 g/mol. The molecular formula is C16H12Cl3N3O3S. The number of para-hydroxylation sites is 1. The minimum absolute atomic E-state index is 0.0910. The van der Waals surface area contributed by atoms with E-state index in [0.717, 1.165) is 0 Å². The Bertz CT molecular complexity index is 1070. The lowest BCUT2D eigenvalue weighted by atomic mass is 10.1. The van der Waals surface area contributed by atoms with Crippen molar-refractivity contribution in [3.63, 3.8) is 0 Å². The van der Waals surface area contributed by atoms with Crippen LogP contribution in [0.2, 0.25) is 15.1 Å². The van der Waals surface area contributed by atoms with Crippen LogP contribution in [0.5, 0.6) is 5.75 Å². The second kappa shape index (κ2) is 7.09. The van der Waals surface area contributed by atoms with Crippen LogP contribution in [0.4, 0.5) is 0 Å². The Morgan fingerprint density at radius 1 is 1.08 bits per heavy atom. The first-order valence-electron chi connectivity index (χ1n) is 7.13. The summed E-state index contributed by atoms with van der Waals surface area (Å²) in [5, 5.41) is 10.3. The summed E-state index contributed by atoms with van der Waals surface area (Å²) >= 11 is 18.7. The Kier molecular flexibility index (Phi) is 5.18. The predicted octanol–water partition coefficient (Wildman–Crippen LogP) is 4.16. The molecule has 3 rings (SSSR count). The van der Waals surface area contributed by atoms with Crippen molar-refractivity contribution >= 4 is 44.8 Å². The molecule has 0 radical (unpaired) electrons. The lowest BCUT2D eigenvalue weighted by molar-refractivity contribution is 0.415. The number of nitrogens with two attached hydrogens (primary N) is 1. The summed E-state index contributed by atoms with van der Waals surface area (Å²) in [7, 11) is -2.52. The van der Waals surface area contributed by atoms with Gasteiger partial charge in [0.05, 0.1) is 39.8 Å². The van der Waals surface area contributed by atoms with Crippen molar-refractivity contribution in [1.82, 2.24) is 9.78 Å². The predicted molar refractivity (Wildman–Crippen MR) is 102 cm³/mol. The number of methoxy groups -OCH3 is 1. The molecule has 0 aliphatic heterocycles. The molecule has 0 atom stereocenters. The average molecular weight is 433 g/mol. The molecule has 2 N–H and O–H groups in total. The van der Waals surface area contributed by atoms with E-state index in [9.17, 15) is 8.42 Å². The van der Waals surface area contributed by atoms with Gasteiger partial charge in [-0.1, -0.05) is 46.9 Å². The molecule has 1 aromatic heterocycles. The van der Waals surface area contributed by atoms with Crippen LogP contribution in [-0.2, 0) is 10.0 Å². The molecule has 0 saturated carbocycles. The van der Waals surface area contributed by atoms with Gasteiger partial charge in [-0.05, 0) is 24.3 Å². The molecule has 0 spiro atoms. The zero-order valence-electron chi connectivity index (χ0n) is 13.3. The van der Waals surface area contributed by atoms with E-state index in [2.05, 4.69) is 5.10 Å². The van der Waals surface area contributed by atoms with Crippen molar-refractivity contribution in [2.75, 3.05) is 7.11 Å². The fraction of sp³-hybridized carbons (Fsp3) is 0.0625. The van der Waals surface area contributed by atoms with E-state index in [1.54, 1.807) is 30.3 Å². The van der Waals surface area contributed by atoms with E-state index in [-0.39, 0.29) is 25.7 Å². The van der Waals surface area contributed by atoms with Crippen molar-refractivity contribution < 1.29 is 13.2 Å². The van der Waals surface area contributed by atoms with Crippen LogP contribution in [0.1, 0.15) is 0 Å². The number of hydrogen-bond donors (Lipinski definition) is 1. The minimum Gasteiger partial charge on any atom is -0.494 e. The fourth-order valence-electron chi connectivity index (χ4n) is 2.54. The van der Waals surface area contributed by atoms with Gasteiger partial charge in [0.1, 0.15) is 4.90 Å². The molecule has 0 unspecified atom stereocenters. The van der Waals surface area contributed by atoms with Crippen molar-refractivity contribution in [3.8, 4) is 22.7 Å². The number of nitrogens with zero attached hydrogens (tertiary/aromatic N) is 2. The van der Waals surface area contributed by atoms with Gasteiger partial charge in [-0.25, -0.2) is 18.2 Å². The van der Waals surface area contributed by atoms with E-state index in [1.807, 2.05) is 0 Å². The Hall–Kier alpha value is -1.77. The van der Waals surface area contributed by atoms with Gasteiger partial charge in [0.15, 0.2) is 5.75 Å². The second-order valence-electron chi connectivity index (χ2n) is 5.24. The summed E-state index contributed by atoms with van der Waals surface area (Å²) in [6, 6.07) is 9.39. The summed E-state index contributed by atoms with van der Waals surface area (Å²) in [5.41, 5.74) is 1.20. The number of sulfonamides is 1. The van der Waals surface area contributed by atoms with E-state index in [4.69, 9.17) is 44.7 Å². The first-order chi connectivity index (χ1) is 12.2. The van der Waals surface area contributed by atoms with Gasteiger partial charge in [-0.2, -0.15) is 5.10 Å². The van der Waals surface area contributed by atoms with Gasteiger partial charge < -0.3 is 4.74 Å². The van der Waals surface area contributed by atoms with Crippen molar-refractivity contribution in [3.05, 3.63) is 57.7 Å². The molecule has 3 aromatic rings. The number of aromatic nitrogens is 2. The van der Waals surface area contributed by atoms with Gasteiger partial charge >= 0.3 is 0 Å². The number of primary sulfonamides is 1. The van der Waals surface area contributed by atoms with Gasteiger partial charge in [0, 0.05) is 5.56 Å². The average Bonchev–Trinajstić information content (AvgIpc) is 2.95. The zero-order valence-corrected chi connectivity index (χ0v) is 16.4. The maximum Gasteiger partial charge on any atom is 0.240 e. The Morgan fingerprint density at radius 2 is 1.69 bits per heavy atom. The second-order valence-corrected chi connectivity index (χ2v) is 7.99. The lowest BCUT2D eigenvalue weighted by Crippen LogP contribution is -2.16. The largest absolute Gasteiger partial charge is 0.494 e. The molecule has 0 bridgehead atoms. The number of benzene rings is 2. The molecule has 10 heteroatoms. The van der Waals surface area contributed by atoms with Crippen LogP contribution < -0.4 is 9.88 Å². The molecule has 0 amide bonds. The zero-order chi connectivity index (χ0) is 19.1. The Labute approximate surface area is 165 Å². The molecule has 0 aliphatic rings. The van der Waals surface area contributed by atoms with E-state index in [0.29, 0.717) is 17.0 Å². The first kappa shape index (κ1) is 19.0. The van der Waals surface area contributed by atoms with Crippen LogP contribution in [0.15, 0.2) is 47.5 Å². The number of hydrogen-bond acceptors (Lipinski definition) is 4. The molecule has 0 saturated heterocycles. The van der Waals surface area contributed by atoms with Crippen molar-refractivity contribution in [1.29, 1.82) is 0 Å². The van der Waals surface area contributed by atoms with Crippen LogP contribution >= 0.6 is 34.8 Å². The standard InChI is InChI=1S/C16H12Cl3N3O3S/c1-25-16-10(17)6-9(7-11(16)18)15-12(19)8-21-22(15)13-4-2-3-5-14(13)26(20,23)24/h2-8H,1H3,(H2,20,23,24). The first-order valence-corrected chi connectivity index (χ1v) is 9.81. The highest BCUT2D eigenvalue weighted by atomic mass is 35.5. The quantitative estimate of drug-likeness (QED) is 0.670. The summed E-state index contributed by atoms with van der Waals surface area (Å²) in [6.45, 7) is 0. The van der Waals surface area contributed by atoms with E-state index < -0.39 is 10.0 Å². The lowest BCUT2D eigenvalue weighted by Gasteiger charge is -2.13. The molecule has 1 heterocycles. The van der Waals surface area contributed by atoms with Crippen LogP contribution in [-0.4, -0.2) is 25.3 Å². The highest BCUT2D eigenvalue weighted by Gasteiger charge is 2.21. The maximum absolute atomic E-state index is 11.9. The third kappa shape index (κ3) is 3.41. The summed E-state index contributed by atoms with van der Waals surface area (Å²) < 4.78 is 30.4. The van der Waals surface area contributed by atoms with Crippen molar-refractivity contribution in [2.45, 2.75) is 4.90 Å². The van der Waals surface area contributed by atoms with Crippen LogP contribution in [0, 0.1) is 0 Å². The van der Waals surface area contributed by atoms with Crippen LogP contribution in [0.25, 0.3) is 16.9 Å². The van der Waals surface area contributed by atoms with Crippen LogP contribution in [0.3, 0.4) is 0 Å².